The van der Waals surface area contributed by atoms with Crippen LogP contribution in [0.25, 0.3) is 45.7 Å². The quantitative estimate of drug-likeness (QED) is 0.109. The molecule has 4 heterocycles. The first-order chi connectivity index (χ1) is 30.0. The molecule has 0 spiro atoms. The van der Waals surface area contributed by atoms with Gasteiger partial charge in [0.2, 0.25) is 17.2 Å². The SMILES string of the molecule is Cc1ccc(CBr)cc1.Cc1ccc(Cn2cc(-c3nc(-c4ccc(OC(F)(F)F)cc4)no3)ccc2=O)cc1.O=c1ccc(-c2nc(-c3ccc(OC(F)(F)F)cc3)no2)c[nH]1. The first-order valence-corrected chi connectivity index (χ1v) is 19.6. The van der Waals surface area contributed by atoms with E-state index in [-0.39, 0.29) is 46.0 Å². The van der Waals surface area contributed by atoms with E-state index in [1.54, 1.807) is 12.3 Å². The van der Waals surface area contributed by atoms with Crippen molar-refractivity contribution in [3.05, 3.63) is 177 Å². The zero-order valence-corrected chi connectivity index (χ0v) is 34.5. The minimum atomic E-state index is -4.76. The third kappa shape index (κ3) is 13.6. The standard InChI is InChI=1S/C22H16F3N3O3.C14H8F3N3O3.C8H9Br/c1-14-2-4-15(5-3-14)12-28-13-17(8-11-19(28)29)21-26-20(27-31-21)16-6-9-18(10-7-16)30-22(23,24)25;15-14(16,17)22-10-4-1-8(2-5-10)12-19-13(23-20-12)9-3-6-11(21)18-7-9;1-7-2-4-8(6-9)5-3-7/h2-11,13H,12H2,1H3;1-7H,(H,18,21);2-5H,6H2,1H3. The summed E-state index contributed by atoms with van der Waals surface area (Å²) in [6, 6.07) is 32.3. The van der Waals surface area contributed by atoms with Crippen LogP contribution in [0.1, 0.15) is 22.3 Å². The van der Waals surface area contributed by atoms with Crippen LogP contribution in [0, 0.1) is 13.8 Å². The molecule has 4 aromatic heterocycles. The maximum absolute atomic E-state index is 12.3. The topological polar surface area (TPSA) is 151 Å². The summed E-state index contributed by atoms with van der Waals surface area (Å²) < 4.78 is 92.7. The average Bonchev–Trinajstić information content (AvgIpc) is 3.95. The highest BCUT2D eigenvalue weighted by atomic mass is 79.9. The smallest absolute Gasteiger partial charge is 0.406 e. The third-order valence-electron chi connectivity index (χ3n) is 8.55. The number of hydrogen-bond donors (Lipinski definition) is 1. The molecule has 1 N–H and O–H groups in total. The van der Waals surface area contributed by atoms with Crippen molar-refractivity contribution in [2.24, 2.45) is 0 Å². The highest BCUT2D eigenvalue weighted by Gasteiger charge is 2.32. The van der Waals surface area contributed by atoms with E-state index in [2.05, 4.69) is 81.9 Å². The predicted octanol–water partition coefficient (Wildman–Crippen LogP) is 10.7. The van der Waals surface area contributed by atoms with E-state index in [9.17, 15) is 35.9 Å². The Morgan fingerprint density at radius 2 is 1.03 bits per heavy atom. The molecular formula is C44H33BrF6N6O6. The Balaban J connectivity index is 0.000000180. The van der Waals surface area contributed by atoms with E-state index in [0.29, 0.717) is 28.8 Å². The number of alkyl halides is 7. The molecule has 19 heteroatoms. The lowest BCUT2D eigenvalue weighted by Gasteiger charge is -2.08. The first-order valence-electron chi connectivity index (χ1n) is 18.5. The fraction of sp³-hybridized carbons (Fsp3) is 0.136. The number of aromatic amines is 1. The average molecular weight is 936 g/mol. The minimum absolute atomic E-state index is 0.173. The van der Waals surface area contributed by atoms with Gasteiger partial charge in [-0.05, 0) is 85.6 Å². The summed E-state index contributed by atoms with van der Waals surface area (Å²) in [5.74, 6) is 0.0681. The highest BCUT2D eigenvalue weighted by molar-refractivity contribution is 9.08. The van der Waals surface area contributed by atoms with Crippen LogP contribution >= 0.6 is 15.9 Å². The van der Waals surface area contributed by atoms with Gasteiger partial charge in [0.25, 0.3) is 17.3 Å². The van der Waals surface area contributed by atoms with Gasteiger partial charge in [0, 0.05) is 41.0 Å². The minimum Gasteiger partial charge on any atom is -0.406 e. The number of nitrogens with one attached hydrogen (secondary N) is 1. The molecule has 324 valence electrons. The largest absolute Gasteiger partial charge is 0.573 e. The molecule has 0 bridgehead atoms. The fourth-order valence-corrected chi connectivity index (χ4v) is 5.79. The van der Waals surface area contributed by atoms with Gasteiger partial charge in [-0.2, -0.15) is 9.97 Å². The van der Waals surface area contributed by atoms with Gasteiger partial charge < -0.3 is 28.1 Å². The first kappa shape index (κ1) is 45.3. The second-order valence-electron chi connectivity index (χ2n) is 13.4. The molecule has 0 amide bonds. The Hall–Kier alpha value is -7.28. The van der Waals surface area contributed by atoms with E-state index in [4.69, 9.17) is 9.05 Å². The summed E-state index contributed by atoms with van der Waals surface area (Å²) in [6.07, 6.45) is -6.47. The van der Waals surface area contributed by atoms with Gasteiger partial charge in [0.05, 0.1) is 17.7 Å². The van der Waals surface area contributed by atoms with E-state index < -0.39 is 12.7 Å². The van der Waals surface area contributed by atoms with Crippen molar-refractivity contribution in [1.29, 1.82) is 0 Å². The summed E-state index contributed by atoms with van der Waals surface area (Å²) in [6.45, 7) is 4.47. The molecule has 0 saturated heterocycles. The Bertz CT molecular complexity index is 2820. The van der Waals surface area contributed by atoms with Crippen LogP contribution in [-0.4, -0.2) is 42.6 Å². The van der Waals surface area contributed by atoms with Gasteiger partial charge in [-0.1, -0.05) is 85.9 Å². The van der Waals surface area contributed by atoms with Gasteiger partial charge in [-0.15, -0.1) is 26.3 Å². The number of H-pyrrole nitrogens is 1. The van der Waals surface area contributed by atoms with Crippen LogP contribution in [0.5, 0.6) is 11.5 Å². The summed E-state index contributed by atoms with van der Waals surface area (Å²) in [5.41, 5.74) is 6.27. The van der Waals surface area contributed by atoms with Gasteiger partial charge in [0.1, 0.15) is 11.5 Å². The highest BCUT2D eigenvalue weighted by Crippen LogP contribution is 2.28. The molecule has 0 unspecified atom stereocenters. The number of rotatable bonds is 9. The van der Waals surface area contributed by atoms with Crippen molar-refractivity contribution in [1.82, 2.24) is 29.8 Å². The van der Waals surface area contributed by atoms with Crippen molar-refractivity contribution in [2.45, 2.75) is 38.4 Å². The molecule has 0 radical (unpaired) electrons. The molecule has 4 aromatic carbocycles. The van der Waals surface area contributed by atoms with Crippen molar-refractivity contribution in [3.63, 3.8) is 0 Å². The van der Waals surface area contributed by atoms with Gasteiger partial charge in [-0.25, -0.2) is 0 Å². The van der Waals surface area contributed by atoms with Crippen molar-refractivity contribution in [3.8, 4) is 57.2 Å². The Morgan fingerprint density at radius 1 is 0.587 bits per heavy atom. The molecule has 8 aromatic rings. The second-order valence-corrected chi connectivity index (χ2v) is 14.0. The van der Waals surface area contributed by atoms with Gasteiger partial charge in [0.15, 0.2) is 0 Å². The summed E-state index contributed by atoms with van der Waals surface area (Å²) in [7, 11) is 0. The van der Waals surface area contributed by atoms with Gasteiger partial charge >= 0.3 is 12.7 Å². The normalized spacial score (nSPS) is 11.2. The Labute approximate surface area is 361 Å². The molecule has 12 nitrogen and oxygen atoms in total. The second kappa shape index (κ2) is 20.1. The number of nitrogens with zero attached hydrogens (tertiary/aromatic N) is 5. The number of halogens is 7. The lowest BCUT2D eigenvalue weighted by atomic mass is 10.1. The van der Waals surface area contributed by atoms with Crippen LogP contribution in [0.15, 0.2) is 152 Å². The lowest BCUT2D eigenvalue weighted by molar-refractivity contribution is -0.275. The summed E-state index contributed by atoms with van der Waals surface area (Å²) in [4.78, 5) is 34.1. The zero-order valence-electron chi connectivity index (χ0n) is 32.9. The van der Waals surface area contributed by atoms with Crippen LogP contribution < -0.4 is 20.6 Å². The predicted molar refractivity (Wildman–Crippen MR) is 223 cm³/mol. The summed E-state index contributed by atoms with van der Waals surface area (Å²) >= 11 is 3.38. The Kier molecular flexibility index (Phi) is 14.4. The fourth-order valence-electron chi connectivity index (χ4n) is 5.42. The number of ether oxygens (including phenoxy) is 2. The zero-order chi connectivity index (χ0) is 45.1. The third-order valence-corrected chi connectivity index (χ3v) is 9.20. The van der Waals surface area contributed by atoms with Crippen LogP contribution in [0.2, 0.25) is 0 Å². The van der Waals surface area contributed by atoms with E-state index in [1.807, 2.05) is 31.2 Å². The number of hydrogen-bond acceptors (Lipinski definition) is 10. The van der Waals surface area contributed by atoms with Crippen LogP contribution in [-0.2, 0) is 11.9 Å². The van der Waals surface area contributed by atoms with Crippen LogP contribution in [0.3, 0.4) is 0 Å². The summed E-state index contributed by atoms with van der Waals surface area (Å²) in [5, 5.41) is 8.58. The van der Waals surface area contributed by atoms with E-state index in [0.717, 1.165) is 28.6 Å². The number of aromatic nitrogens is 6. The molecule has 0 atom stereocenters. The number of aryl methyl sites for hydroxylation is 2. The molecule has 0 fully saturated rings. The molecular weight excluding hydrogens is 902 g/mol. The van der Waals surface area contributed by atoms with Crippen molar-refractivity contribution < 1.29 is 44.9 Å². The number of pyridine rings is 2. The molecule has 8 rings (SSSR count). The maximum atomic E-state index is 12.3. The van der Waals surface area contributed by atoms with Crippen molar-refractivity contribution >= 4 is 15.9 Å². The maximum Gasteiger partial charge on any atom is 0.573 e. The number of benzene rings is 4. The lowest BCUT2D eigenvalue weighted by Crippen LogP contribution is -2.19. The molecule has 0 aliphatic carbocycles. The molecule has 63 heavy (non-hydrogen) atoms. The van der Waals surface area contributed by atoms with Gasteiger partial charge in [-0.3, -0.25) is 9.59 Å². The monoisotopic (exact) mass is 934 g/mol. The Morgan fingerprint density at radius 3 is 1.48 bits per heavy atom. The van der Waals surface area contributed by atoms with Crippen molar-refractivity contribution in [2.75, 3.05) is 0 Å². The van der Waals surface area contributed by atoms with Crippen LogP contribution in [0.4, 0.5) is 26.3 Å². The van der Waals surface area contributed by atoms with E-state index >= 15 is 0 Å². The molecule has 0 aliphatic heterocycles. The van der Waals surface area contributed by atoms with E-state index in [1.165, 1.54) is 76.5 Å². The molecule has 0 saturated carbocycles. The molecule has 0 aliphatic rings.